The summed E-state index contributed by atoms with van der Waals surface area (Å²) in [7, 11) is 0. The molecule has 0 spiro atoms. The predicted molar refractivity (Wildman–Crippen MR) is 90.9 cm³/mol. The molecule has 21 heavy (non-hydrogen) atoms. The van der Waals surface area contributed by atoms with Crippen LogP contribution < -0.4 is 11.1 Å². The Kier molecular flexibility index (Phi) is 5.42. The topological polar surface area (TPSA) is 58.4 Å². The van der Waals surface area contributed by atoms with Gasteiger partial charge in [0.05, 0.1) is 0 Å². The Balaban J connectivity index is 2.11. The lowest BCUT2D eigenvalue weighted by atomic mass is 10.1. The highest BCUT2D eigenvalue weighted by atomic mass is 35.5. The first-order valence-corrected chi connectivity index (χ1v) is 7.92. The first kappa shape index (κ1) is 16.0. The average molecular weight is 326 g/mol. The summed E-state index contributed by atoms with van der Waals surface area (Å²) in [6.45, 7) is 3.52. The second kappa shape index (κ2) is 7.09. The maximum Gasteiger partial charge on any atom is 0.244 e. The molecule has 0 aromatic heterocycles. The summed E-state index contributed by atoms with van der Waals surface area (Å²) in [6, 6.07) is 4.91. The van der Waals surface area contributed by atoms with Gasteiger partial charge in [-0.15, -0.1) is 0 Å². The normalized spacial score (nSPS) is 16.4. The monoisotopic (exact) mass is 325 g/mol. The largest absolute Gasteiger partial charge is 0.389 e. The number of nitrogens with two attached hydrogens (primary N) is 1. The van der Waals surface area contributed by atoms with Crippen molar-refractivity contribution < 1.29 is 4.79 Å². The number of thiocarbonyl (C=S) groups is 1. The van der Waals surface area contributed by atoms with E-state index in [1.165, 1.54) is 6.42 Å². The van der Waals surface area contributed by atoms with Gasteiger partial charge >= 0.3 is 0 Å². The van der Waals surface area contributed by atoms with Gasteiger partial charge in [-0.25, -0.2) is 0 Å². The highest BCUT2D eigenvalue weighted by Crippen LogP contribution is 2.22. The van der Waals surface area contributed by atoms with Crippen molar-refractivity contribution >= 4 is 40.4 Å². The number of hydrogen-bond acceptors (Lipinski definition) is 3. The zero-order valence-electron chi connectivity index (χ0n) is 12.1. The smallest absolute Gasteiger partial charge is 0.244 e. The van der Waals surface area contributed by atoms with Gasteiger partial charge in [0, 0.05) is 29.4 Å². The van der Waals surface area contributed by atoms with E-state index in [9.17, 15) is 4.79 Å². The predicted octanol–water partition coefficient (Wildman–Crippen LogP) is 2.79. The van der Waals surface area contributed by atoms with Gasteiger partial charge in [0.2, 0.25) is 5.91 Å². The van der Waals surface area contributed by atoms with E-state index in [1.54, 1.807) is 18.2 Å². The fraction of sp³-hybridized carbons (Fsp3) is 0.467. The average Bonchev–Trinajstić information content (AvgIpc) is 2.47. The Bertz CT molecular complexity index is 544. The maximum atomic E-state index is 12.4. The lowest BCUT2D eigenvalue weighted by Crippen LogP contribution is -2.44. The van der Waals surface area contributed by atoms with Gasteiger partial charge in [-0.05, 0) is 44.4 Å². The third-order valence-electron chi connectivity index (χ3n) is 3.66. The standard InChI is InChI=1S/C15H20ClN3OS/c1-10(15(20)19-7-3-2-4-8-19)18-13-9-11(16)5-6-12(13)14(17)21/h5-6,9-10,18H,2-4,7-8H2,1H3,(H2,17,21). The lowest BCUT2D eigenvalue weighted by molar-refractivity contribution is -0.132. The molecule has 1 aliphatic rings. The van der Waals surface area contributed by atoms with Gasteiger partial charge in [0.25, 0.3) is 0 Å². The first-order chi connectivity index (χ1) is 9.99. The quantitative estimate of drug-likeness (QED) is 0.836. The second-order valence-electron chi connectivity index (χ2n) is 5.31. The number of amides is 1. The molecule has 1 aliphatic heterocycles. The van der Waals surface area contributed by atoms with Crippen molar-refractivity contribution in [1.82, 2.24) is 4.90 Å². The summed E-state index contributed by atoms with van der Waals surface area (Å²) in [5.41, 5.74) is 7.12. The van der Waals surface area contributed by atoms with Crippen LogP contribution in [-0.4, -0.2) is 34.9 Å². The minimum Gasteiger partial charge on any atom is -0.389 e. The fourth-order valence-corrected chi connectivity index (χ4v) is 2.88. The van der Waals surface area contributed by atoms with E-state index in [0.29, 0.717) is 16.3 Å². The molecule has 1 aromatic rings. The fourth-order valence-electron chi connectivity index (χ4n) is 2.53. The number of rotatable bonds is 4. The first-order valence-electron chi connectivity index (χ1n) is 7.13. The van der Waals surface area contributed by atoms with Crippen molar-refractivity contribution in [3.05, 3.63) is 28.8 Å². The van der Waals surface area contributed by atoms with Crippen molar-refractivity contribution in [2.75, 3.05) is 18.4 Å². The Morgan fingerprint density at radius 1 is 1.38 bits per heavy atom. The van der Waals surface area contributed by atoms with Crippen LogP contribution in [0.25, 0.3) is 0 Å². The van der Waals surface area contributed by atoms with E-state index < -0.39 is 0 Å². The number of nitrogens with zero attached hydrogens (tertiary/aromatic N) is 1. The Hall–Kier alpha value is -1.33. The number of halogens is 1. The summed E-state index contributed by atoms with van der Waals surface area (Å²) in [6.07, 6.45) is 3.35. The summed E-state index contributed by atoms with van der Waals surface area (Å²) >= 11 is 11.0. The number of piperidine rings is 1. The van der Waals surface area contributed by atoms with Gasteiger partial charge in [0.15, 0.2) is 0 Å². The molecule has 1 saturated heterocycles. The van der Waals surface area contributed by atoms with Crippen LogP contribution >= 0.6 is 23.8 Å². The van der Waals surface area contributed by atoms with E-state index in [4.69, 9.17) is 29.6 Å². The van der Waals surface area contributed by atoms with Crippen LogP contribution in [0.2, 0.25) is 5.02 Å². The van der Waals surface area contributed by atoms with Crippen LogP contribution in [0.1, 0.15) is 31.7 Å². The van der Waals surface area contributed by atoms with Crippen molar-refractivity contribution in [2.45, 2.75) is 32.2 Å². The zero-order chi connectivity index (χ0) is 15.4. The van der Waals surface area contributed by atoms with E-state index in [0.717, 1.165) is 25.9 Å². The summed E-state index contributed by atoms with van der Waals surface area (Å²) in [5.74, 6) is 0.101. The number of nitrogens with one attached hydrogen (secondary N) is 1. The minimum absolute atomic E-state index is 0.101. The summed E-state index contributed by atoms with van der Waals surface area (Å²) in [4.78, 5) is 14.6. The maximum absolute atomic E-state index is 12.4. The minimum atomic E-state index is -0.338. The number of benzene rings is 1. The molecule has 1 aromatic carbocycles. The van der Waals surface area contributed by atoms with Crippen LogP contribution in [-0.2, 0) is 4.79 Å². The van der Waals surface area contributed by atoms with Gasteiger partial charge in [0.1, 0.15) is 11.0 Å². The van der Waals surface area contributed by atoms with Crippen molar-refractivity contribution in [1.29, 1.82) is 0 Å². The van der Waals surface area contributed by atoms with Gasteiger partial charge < -0.3 is 16.0 Å². The second-order valence-corrected chi connectivity index (χ2v) is 6.18. The zero-order valence-corrected chi connectivity index (χ0v) is 13.6. The number of anilines is 1. The van der Waals surface area contributed by atoms with E-state index in [-0.39, 0.29) is 16.9 Å². The van der Waals surface area contributed by atoms with Gasteiger partial charge in [-0.2, -0.15) is 0 Å². The summed E-state index contributed by atoms with van der Waals surface area (Å²) < 4.78 is 0. The van der Waals surface area contributed by atoms with Gasteiger partial charge in [-0.3, -0.25) is 4.79 Å². The Morgan fingerprint density at radius 3 is 2.67 bits per heavy atom. The Labute approximate surface area is 135 Å². The molecule has 114 valence electrons. The van der Waals surface area contributed by atoms with Crippen LogP contribution in [0.15, 0.2) is 18.2 Å². The summed E-state index contributed by atoms with van der Waals surface area (Å²) in [5, 5.41) is 3.77. The molecule has 6 heteroatoms. The molecule has 1 fully saturated rings. The van der Waals surface area contributed by atoms with Crippen molar-refractivity contribution in [3.8, 4) is 0 Å². The van der Waals surface area contributed by atoms with E-state index >= 15 is 0 Å². The molecule has 1 heterocycles. The SMILES string of the molecule is CC(Nc1cc(Cl)ccc1C(N)=S)C(=O)N1CCCCC1. The number of carbonyl (C=O) groups is 1. The molecule has 3 N–H and O–H groups in total. The molecule has 2 rings (SSSR count). The molecule has 0 aliphatic carbocycles. The molecule has 1 atom stereocenters. The van der Waals surface area contributed by atoms with Gasteiger partial charge in [-0.1, -0.05) is 23.8 Å². The third kappa shape index (κ3) is 4.08. The lowest BCUT2D eigenvalue weighted by Gasteiger charge is -2.30. The van der Waals surface area contributed by atoms with Crippen LogP contribution in [0.5, 0.6) is 0 Å². The molecular weight excluding hydrogens is 306 g/mol. The van der Waals surface area contributed by atoms with E-state index in [2.05, 4.69) is 5.32 Å². The molecule has 1 amide bonds. The molecule has 1 unspecified atom stereocenters. The number of carbonyl (C=O) groups excluding carboxylic acids is 1. The number of likely N-dealkylation sites (tertiary alicyclic amines) is 1. The van der Waals surface area contributed by atoms with Crippen LogP contribution in [0, 0.1) is 0 Å². The highest BCUT2D eigenvalue weighted by molar-refractivity contribution is 7.80. The third-order valence-corrected chi connectivity index (χ3v) is 4.11. The van der Waals surface area contributed by atoms with Crippen molar-refractivity contribution in [2.24, 2.45) is 5.73 Å². The Morgan fingerprint density at radius 2 is 2.05 bits per heavy atom. The molecule has 0 saturated carbocycles. The molecule has 4 nitrogen and oxygen atoms in total. The van der Waals surface area contributed by atoms with Crippen molar-refractivity contribution in [3.63, 3.8) is 0 Å². The van der Waals surface area contributed by atoms with Crippen LogP contribution in [0.3, 0.4) is 0 Å². The number of hydrogen-bond donors (Lipinski definition) is 2. The molecular formula is C15H20ClN3OS. The van der Waals surface area contributed by atoms with E-state index in [1.807, 2.05) is 11.8 Å². The van der Waals surface area contributed by atoms with Crippen LogP contribution in [0.4, 0.5) is 5.69 Å². The highest BCUT2D eigenvalue weighted by Gasteiger charge is 2.22. The molecule has 0 bridgehead atoms. The molecule has 0 radical (unpaired) electrons.